The van der Waals surface area contributed by atoms with E-state index in [1.807, 2.05) is 12.1 Å². The van der Waals surface area contributed by atoms with Crippen LogP contribution in [0.4, 0.5) is 0 Å². The largest absolute Gasteiger partial charge is 0.497 e. The number of esters is 1. The molecule has 0 spiro atoms. The summed E-state index contributed by atoms with van der Waals surface area (Å²) in [5.41, 5.74) is 1.29. The first kappa shape index (κ1) is 14.9. The van der Waals surface area contributed by atoms with Crippen LogP contribution >= 0.6 is 0 Å². The van der Waals surface area contributed by atoms with Gasteiger partial charge in [0.15, 0.2) is 6.04 Å². The topological polar surface area (TPSA) is 35.5 Å². The van der Waals surface area contributed by atoms with Crippen molar-refractivity contribution < 1.29 is 18.8 Å². The third-order valence-electron chi connectivity index (χ3n) is 4.29. The number of carbonyl (C=O) groups excluding carboxylic acids is 1. The Hall–Kier alpha value is -1.55. The molecule has 2 rings (SSSR count). The molecule has 2 atom stereocenters. The summed E-state index contributed by atoms with van der Waals surface area (Å²) in [7, 11) is 7.36. The minimum absolute atomic E-state index is 0.0387. The van der Waals surface area contributed by atoms with Crippen LogP contribution in [0.2, 0.25) is 0 Å². The molecule has 1 aliphatic heterocycles. The Kier molecular flexibility index (Phi) is 4.33. The maximum absolute atomic E-state index is 11.9. The Morgan fingerprint density at radius 2 is 1.90 bits per heavy atom. The quantitative estimate of drug-likeness (QED) is 0.623. The molecule has 1 aromatic rings. The second kappa shape index (κ2) is 5.83. The molecule has 0 radical (unpaired) electrons. The molecule has 4 heteroatoms. The fraction of sp³-hybridized carbons (Fsp3) is 0.562. The van der Waals surface area contributed by atoms with Crippen molar-refractivity contribution in [2.75, 3.05) is 34.9 Å². The lowest BCUT2D eigenvalue weighted by Crippen LogP contribution is -2.48. The van der Waals surface area contributed by atoms with Crippen molar-refractivity contribution in [1.82, 2.24) is 0 Å². The van der Waals surface area contributed by atoms with Gasteiger partial charge in [-0.25, -0.2) is 4.79 Å². The highest BCUT2D eigenvalue weighted by Crippen LogP contribution is 2.31. The van der Waals surface area contributed by atoms with Crippen molar-refractivity contribution in [3.05, 3.63) is 29.8 Å². The number of quaternary nitrogens is 1. The van der Waals surface area contributed by atoms with Gasteiger partial charge in [0.2, 0.25) is 0 Å². The molecule has 0 aromatic heterocycles. The number of hydrogen-bond acceptors (Lipinski definition) is 3. The van der Waals surface area contributed by atoms with Crippen LogP contribution in [0.3, 0.4) is 0 Å². The molecule has 0 bridgehead atoms. The van der Waals surface area contributed by atoms with E-state index in [1.54, 1.807) is 7.11 Å². The number of likely N-dealkylation sites (tertiary alicyclic amines) is 1. The number of ether oxygens (including phenoxy) is 2. The van der Waals surface area contributed by atoms with E-state index in [1.165, 1.54) is 12.7 Å². The Bertz CT molecular complexity index is 467. The summed E-state index contributed by atoms with van der Waals surface area (Å²) in [6.45, 7) is 1.01. The summed E-state index contributed by atoms with van der Waals surface area (Å²) in [4.78, 5) is 11.9. The van der Waals surface area contributed by atoms with E-state index >= 15 is 0 Å². The fourth-order valence-electron chi connectivity index (χ4n) is 3.23. The van der Waals surface area contributed by atoms with Crippen LogP contribution in [-0.2, 0) is 16.0 Å². The summed E-state index contributed by atoms with van der Waals surface area (Å²) in [5, 5.41) is 0. The Labute approximate surface area is 120 Å². The second-order valence-corrected chi connectivity index (χ2v) is 6.15. The van der Waals surface area contributed by atoms with Crippen LogP contribution in [0.15, 0.2) is 24.3 Å². The van der Waals surface area contributed by atoms with E-state index in [2.05, 4.69) is 26.2 Å². The molecule has 0 amide bonds. The fourth-order valence-corrected chi connectivity index (χ4v) is 3.23. The predicted octanol–water partition coefficient (Wildman–Crippen LogP) is 1.88. The minimum Gasteiger partial charge on any atom is -0.497 e. The van der Waals surface area contributed by atoms with Crippen molar-refractivity contribution in [2.24, 2.45) is 5.92 Å². The average Bonchev–Trinajstić information content (AvgIpc) is 2.73. The highest BCUT2D eigenvalue weighted by Gasteiger charge is 2.45. The number of methoxy groups -OCH3 is 2. The van der Waals surface area contributed by atoms with Crippen LogP contribution < -0.4 is 4.74 Å². The molecule has 0 N–H and O–H groups in total. The van der Waals surface area contributed by atoms with E-state index in [9.17, 15) is 4.79 Å². The molecule has 1 saturated heterocycles. The third kappa shape index (κ3) is 3.12. The molecular weight excluding hydrogens is 254 g/mol. The van der Waals surface area contributed by atoms with Crippen molar-refractivity contribution in [3.63, 3.8) is 0 Å². The molecular formula is C16H24NO3+. The van der Waals surface area contributed by atoms with Crippen LogP contribution in [-0.4, -0.2) is 51.4 Å². The highest BCUT2D eigenvalue weighted by atomic mass is 16.5. The highest BCUT2D eigenvalue weighted by molar-refractivity contribution is 5.74. The summed E-state index contributed by atoms with van der Waals surface area (Å²) >= 11 is 0. The number of likely N-dealkylation sites (N-methyl/N-ethyl adjacent to an activating group) is 1. The molecule has 1 aromatic carbocycles. The first-order valence-electron chi connectivity index (χ1n) is 6.99. The molecule has 0 aliphatic carbocycles. The summed E-state index contributed by atoms with van der Waals surface area (Å²) in [6, 6.07) is 8.14. The van der Waals surface area contributed by atoms with Gasteiger partial charge < -0.3 is 14.0 Å². The molecule has 110 valence electrons. The standard InChI is InChI=1S/C16H24NO3/c1-17(2)11-13(10-15(17)16(18)20-4)9-12-5-7-14(19-3)8-6-12/h5-8,13,15H,9-11H2,1-4H3/q+1/t13-,15-/m0/s1. The van der Waals surface area contributed by atoms with E-state index in [0.717, 1.165) is 25.1 Å². The molecule has 4 nitrogen and oxygen atoms in total. The second-order valence-electron chi connectivity index (χ2n) is 6.15. The van der Waals surface area contributed by atoms with Gasteiger partial charge in [-0.15, -0.1) is 0 Å². The van der Waals surface area contributed by atoms with E-state index in [4.69, 9.17) is 9.47 Å². The summed E-state index contributed by atoms with van der Waals surface area (Å²) < 4.78 is 10.8. The van der Waals surface area contributed by atoms with Gasteiger partial charge in [0.05, 0.1) is 34.9 Å². The van der Waals surface area contributed by atoms with Gasteiger partial charge in [0.25, 0.3) is 0 Å². The monoisotopic (exact) mass is 278 g/mol. The van der Waals surface area contributed by atoms with E-state index < -0.39 is 0 Å². The van der Waals surface area contributed by atoms with Gasteiger partial charge >= 0.3 is 5.97 Å². The van der Waals surface area contributed by atoms with Crippen molar-refractivity contribution in [3.8, 4) is 5.75 Å². The first-order valence-corrected chi connectivity index (χ1v) is 6.99. The number of nitrogens with zero attached hydrogens (tertiary/aromatic N) is 1. The van der Waals surface area contributed by atoms with Gasteiger partial charge in [-0.1, -0.05) is 12.1 Å². The number of benzene rings is 1. The van der Waals surface area contributed by atoms with Crippen molar-refractivity contribution >= 4 is 5.97 Å². The zero-order chi connectivity index (χ0) is 14.8. The van der Waals surface area contributed by atoms with Crippen LogP contribution in [0.1, 0.15) is 12.0 Å². The van der Waals surface area contributed by atoms with Gasteiger partial charge in [-0.2, -0.15) is 0 Å². The van der Waals surface area contributed by atoms with Crippen LogP contribution in [0, 0.1) is 5.92 Å². The maximum atomic E-state index is 11.9. The first-order chi connectivity index (χ1) is 9.46. The lowest BCUT2D eigenvalue weighted by Gasteiger charge is -2.29. The Balaban J connectivity index is 2.02. The molecule has 1 fully saturated rings. The Morgan fingerprint density at radius 3 is 2.45 bits per heavy atom. The zero-order valence-corrected chi connectivity index (χ0v) is 12.8. The number of carbonyl (C=O) groups is 1. The molecule has 0 unspecified atom stereocenters. The minimum atomic E-state index is -0.0905. The molecule has 1 aliphatic rings. The maximum Gasteiger partial charge on any atom is 0.364 e. The zero-order valence-electron chi connectivity index (χ0n) is 12.8. The normalized spacial score (nSPS) is 24.4. The lowest BCUT2D eigenvalue weighted by molar-refractivity contribution is -0.895. The van der Waals surface area contributed by atoms with Gasteiger partial charge in [-0.05, 0) is 24.1 Å². The van der Waals surface area contributed by atoms with Gasteiger partial charge in [0, 0.05) is 12.3 Å². The molecule has 1 heterocycles. The predicted molar refractivity (Wildman–Crippen MR) is 77.6 cm³/mol. The van der Waals surface area contributed by atoms with Gasteiger partial charge in [-0.3, -0.25) is 0 Å². The average molecular weight is 278 g/mol. The molecule has 20 heavy (non-hydrogen) atoms. The number of rotatable bonds is 4. The smallest absolute Gasteiger partial charge is 0.364 e. The summed E-state index contributed by atoms with van der Waals surface area (Å²) in [5.74, 6) is 1.30. The SMILES string of the molecule is COC(=O)[C@@H]1C[C@H](Cc2ccc(OC)cc2)C[N+]1(C)C. The number of hydrogen-bond donors (Lipinski definition) is 0. The van der Waals surface area contributed by atoms with E-state index in [-0.39, 0.29) is 12.0 Å². The third-order valence-corrected chi connectivity index (χ3v) is 4.29. The van der Waals surface area contributed by atoms with Crippen LogP contribution in [0.5, 0.6) is 5.75 Å². The van der Waals surface area contributed by atoms with Crippen molar-refractivity contribution in [1.29, 1.82) is 0 Å². The molecule has 0 saturated carbocycles. The van der Waals surface area contributed by atoms with Crippen LogP contribution in [0.25, 0.3) is 0 Å². The van der Waals surface area contributed by atoms with Crippen molar-refractivity contribution in [2.45, 2.75) is 18.9 Å². The Morgan fingerprint density at radius 1 is 1.25 bits per heavy atom. The van der Waals surface area contributed by atoms with E-state index in [0.29, 0.717) is 10.4 Å². The lowest BCUT2D eigenvalue weighted by atomic mass is 9.97. The van der Waals surface area contributed by atoms with Gasteiger partial charge in [0.1, 0.15) is 5.75 Å². The summed E-state index contributed by atoms with van der Waals surface area (Å²) in [6.07, 6.45) is 1.89.